The number of hydrogen-bond acceptors (Lipinski definition) is 7. The van der Waals surface area contributed by atoms with Gasteiger partial charge in [0.25, 0.3) is 5.91 Å². The van der Waals surface area contributed by atoms with E-state index in [-0.39, 0.29) is 0 Å². The lowest BCUT2D eigenvalue weighted by Crippen LogP contribution is -2.26. The van der Waals surface area contributed by atoms with Gasteiger partial charge in [0, 0.05) is 22.1 Å². The maximum absolute atomic E-state index is 13.0. The van der Waals surface area contributed by atoms with Gasteiger partial charge in [0.05, 0.1) is 12.8 Å². The summed E-state index contributed by atoms with van der Waals surface area (Å²) in [5, 5.41) is 4.96. The summed E-state index contributed by atoms with van der Waals surface area (Å²) in [6, 6.07) is 22.1. The molecule has 4 aromatic rings. The molecule has 5 rings (SSSR count). The Balaban J connectivity index is 1.24. The van der Waals surface area contributed by atoms with Gasteiger partial charge in [0.1, 0.15) is 23.2 Å². The van der Waals surface area contributed by atoms with E-state index in [1.54, 1.807) is 19.2 Å². The Morgan fingerprint density at radius 2 is 1.62 bits per heavy atom. The molecule has 0 atom stereocenters. The minimum Gasteiger partial charge on any atom is -0.497 e. The van der Waals surface area contributed by atoms with E-state index >= 15 is 0 Å². The molecule has 1 amide bonds. The molecule has 1 aliphatic heterocycles. The number of thiazole rings is 1. The zero-order chi connectivity index (χ0) is 23.5. The number of aromatic nitrogens is 1. The predicted molar refractivity (Wildman–Crippen MR) is 128 cm³/mol. The fourth-order valence-corrected chi connectivity index (χ4v) is 4.50. The number of methoxy groups -OCH3 is 1. The molecule has 0 spiro atoms. The summed E-state index contributed by atoms with van der Waals surface area (Å²) in [4.78, 5) is 29.9. The van der Waals surface area contributed by atoms with Crippen LogP contribution in [0.4, 0.5) is 5.13 Å². The molecule has 0 saturated carbocycles. The van der Waals surface area contributed by atoms with Gasteiger partial charge in [-0.15, -0.1) is 11.3 Å². The van der Waals surface area contributed by atoms with Gasteiger partial charge in [-0.05, 0) is 36.4 Å². The van der Waals surface area contributed by atoms with Crippen molar-refractivity contribution in [3.05, 3.63) is 89.3 Å². The maximum atomic E-state index is 13.0. The van der Waals surface area contributed by atoms with Crippen molar-refractivity contribution >= 4 is 28.3 Å². The monoisotopic (exact) mass is 472 g/mol. The fraction of sp³-hybridized carbons (Fsp3) is 0.115. The van der Waals surface area contributed by atoms with Crippen LogP contribution in [0, 0.1) is 0 Å². The highest BCUT2D eigenvalue weighted by Gasteiger charge is 2.33. The highest BCUT2D eigenvalue weighted by atomic mass is 32.1. The Morgan fingerprint density at radius 1 is 0.971 bits per heavy atom. The van der Waals surface area contributed by atoms with Crippen molar-refractivity contribution in [2.24, 2.45) is 0 Å². The number of nitrogens with one attached hydrogen (secondary N) is 1. The highest BCUT2D eigenvalue weighted by molar-refractivity contribution is 7.14. The molecule has 170 valence electrons. The summed E-state index contributed by atoms with van der Waals surface area (Å²) in [5.74, 6) is 0.302. The van der Waals surface area contributed by atoms with Crippen molar-refractivity contribution < 1.29 is 23.8 Å². The normalized spacial score (nSPS) is 12.1. The smallest absolute Gasteiger partial charge is 0.318 e. The second-order valence-electron chi connectivity index (χ2n) is 7.53. The molecule has 2 heterocycles. The Kier molecular flexibility index (Phi) is 5.97. The number of carbonyl (C=O) groups excluding carboxylic acids is 2. The van der Waals surface area contributed by atoms with E-state index in [0.29, 0.717) is 27.8 Å². The van der Waals surface area contributed by atoms with Crippen LogP contribution in [0.15, 0.2) is 78.2 Å². The van der Waals surface area contributed by atoms with E-state index in [1.165, 1.54) is 11.3 Å². The topological polar surface area (TPSA) is 86.8 Å². The summed E-state index contributed by atoms with van der Waals surface area (Å²) < 4.78 is 16.5. The second kappa shape index (κ2) is 9.36. The van der Waals surface area contributed by atoms with Crippen molar-refractivity contribution in [3.8, 4) is 28.5 Å². The molecule has 1 aromatic heterocycles. The van der Waals surface area contributed by atoms with Gasteiger partial charge >= 0.3 is 5.97 Å². The molecule has 7 nitrogen and oxygen atoms in total. The first-order chi connectivity index (χ1) is 16.6. The Labute approximate surface area is 199 Å². The molecule has 34 heavy (non-hydrogen) atoms. The first kappa shape index (κ1) is 21.7. The van der Waals surface area contributed by atoms with Gasteiger partial charge in [0.15, 0.2) is 11.7 Å². The van der Waals surface area contributed by atoms with Gasteiger partial charge < -0.3 is 14.2 Å². The van der Waals surface area contributed by atoms with Crippen LogP contribution in [0.25, 0.3) is 11.3 Å². The van der Waals surface area contributed by atoms with Crippen molar-refractivity contribution in [2.45, 2.75) is 5.92 Å². The molecule has 0 bridgehead atoms. The predicted octanol–water partition coefficient (Wildman–Crippen LogP) is 5.24. The molecular weight excluding hydrogens is 452 g/mol. The zero-order valence-corrected chi connectivity index (χ0v) is 19.0. The standard InChI is InChI=1S/C26H20N2O5S/c1-31-17-12-10-16(11-13-17)20-15-34-26(27-20)28-23(29)14-32-25(30)24-18-6-2-4-8-21(18)33-22-9-5-3-7-19(22)24/h2-13,15,24H,14H2,1H3,(H,27,28,29). The number of esters is 1. The third-order valence-corrected chi connectivity index (χ3v) is 6.16. The van der Waals surface area contributed by atoms with Gasteiger partial charge in [0.2, 0.25) is 0 Å². The third-order valence-electron chi connectivity index (χ3n) is 5.40. The van der Waals surface area contributed by atoms with Crippen LogP contribution < -0.4 is 14.8 Å². The number of carbonyl (C=O) groups is 2. The molecular formula is C26H20N2O5S. The van der Waals surface area contributed by atoms with Crippen LogP contribution in [0.1, 0.15) is 17.0 Å². The number of amides is 1. The van der Waals surface area contributed by atoms with Crippen LogP contribution in [-0.2, 0) is 14.3 Å². The summed E-state index contributed by atoms with van der Waals surface area (Å²) in [7, 11) is 1.61. The Hall–Kier alpha value is -4.17. The summed E-state index contributed by atoms with van der Waals surface area (Å²) in [6.07, 6.45) is 0. The SMILES string of the molecule is COc1ccc(-c2csc(NC(=O)COC(=O)C3c4ccccc4Oc4ccccc43)n2)cc1. The number of rotatable bonds is 6. The molecule has 3 aromatic carbocycles. The highest BCUT2D eigenvalue weighted by Crippen LogP contribution is 2.44. The third kappa shape index (κ3) is 4.35. The van der Waals surface area contributed by atoms with Gasteiger partial charge in [-0.2, -0.15) is 0 Å². The van der Waals surface area contributed by atoms with Crippen molar-refractivity contribution in [2.75, 3.05) is 19.0 Å². The summed E-state index contributed by atoms with van der Waals surface area (Å²) in [5.41, 5.74) is 3.04. The van der Waals surface area contributed by atoms with Crippen LogP contribution in [-0.4, -0.2) is 30.6 Å². The van der Waals surface area contributed by atoms with E-state index in [1.807, 2.05) is 66.0 Å². The van der Waals surface area contributed by atoms with Crippen LogP contribution in [0.3, 0.4) is 0 Å². The van der Waals surface area contributed by atoms with E-state index < -0.39 is 24.4 Å². The molecule has 8 heteroatoms. The van der Waals surface area contributed by atoms with Crippen LogP contribution in [0.5, 0.6) is 17.2 Å². The number of fused-ring (bicyclic) bond motifs is 2. The number of ether oxygens (including phenoxy) is 3. The quantitative estimate of drug-likeness (QED) is 0.386. The van der Waals surface area contributed by atoms with E-state index in [2.05, 4.69) is 10.3 Å². The first-order valence-electron chi connectivity index (χ1n) is 10.5. The zero-order valence-electron chi connectivity index (χ0n) is 18.2. The number of hydrogen-bond donors (Lipinski definition) is 1. The lowest BCUT2D eigenvalue weighted by atomic mass is 9.88. The van der Waals surface area contributed by atoms with E-state index in [4.69, 9.17) is 14.2 Å². The fourth-order valence-electron chi connectivity index (χ4n) is 3.76. The number of anilines is 1. The average molecular weight is 473 g/mol. The van der Waals surface area contributed by atoms with Gasteiger partial charge in [-0.1, -0.05) is 36.4 Å². The molecule has 0 aliphatic carbocycles. The Morgan fingerprint density at radius 3 is 2.26 bits per heavy atom. The molecule has 0 radical (unpaired) electrons. The minimum absolute atomic E-state index is 0.419. The maximum Gasteiger partial charge on any atom is 0.318 e. The average Bonchev–Trinajstić information content (AvgIpc) is 3.34. The molecule has 1 aliphatic rings. The largest absolute Gasteiger partial charge is 0.497 e. The summed E-state index contributed by atoms with van der Waals surface area (Å²) >= 11 is 1.30. The molecule has 0 unspecified atom stereocenters. The van der Waals surface area contributed by atoms with E-state index in [0.717, 1.165) is 17.0 Å². The lowest BCUT2D eigenvalue weighted by molar-refractivity contribution is -0.148. The van der Waals surface area contributed by atoms with E-state index in [9.17, 15) is 9.59 Å². The van der Waals surface area contributed by atoms with Crippen molar-refractivity contribution in [3.63, 3.8) is 0 Å². The lowest BCUT2D eigenvalue weighted by Gasteiger charge is -2.26. The van der Waals surface area contributed by atoms with Crippen molar-refractivity contribution in [1.82, 2.24) is 4.98 Å². The molecule has 0 fully saturated rings. The molecule has 1 N–H and O–H groups in total. The van der Waals surface area contributed by atoms with Gasteiger partial charge in [-0.3, -0.25) is 14.9 Å². The number of para-hydroxylation sites is 2. The summed E-state index contributed by atoms with van der Waals surface area (Å²) in [6.45, 7) is -0.419. The Bertz CT molecular complexity index is 1300. The number of benzene rings is 3. The second-order valence-corrected chi connectivity index (χ2v) is 8.39. The number of nitrogens with zero attached hydrogens (tertiary/aromatic N) is 1. The van der Waals surface area contributed by atoms with Crippen molar-refractivity contribution in [1.29, 1.82) is 0 Å². The first-order valence-corrected chi connectivity index (χ1v) is 11.4. The minimum atomic E-state index is -0.671. The van der Waals surface area contributed by atoms with Crippen LogP contribution >= 0.6 is 11.3 Å². The molecule has 0 saturated heterocycles. The van der Waals surface area contributed by atoms with Gasteiger partial charge in [-0.25, -0.2) is 4.98 Å². The van der Waals surface area contributed by atoms with Crippen LogP contribution in [0.2, 0.25) is 0 Å².